The van der Waals surface area contributed by atoms with Crippen LogP contribution in [0, 0.1) is 0 Å². The van der Waals surface area contributed by atoms with Crippen LogP contribution in [0.15, 0.2) is 0 Å². The molecule has 0 aromatic carbocycles. The summed E-state index contributed by atoms with van der Waals surface area (Å²) in [5, 5.41) is 5.51. The van der Waals surface area contributed by atoms with Gasteiger partial charge >= 0.3 is 0 Å². The molecule has 0 bridgehead atoms. The molecule has 86 valence electrons. The van der Waals surface area contributed by atoms with E-state index in [1.807, 2.05) is 0 Å². The molecule has 0 aromatic heterocycles. The van der Waals surface area contributed by atoms with Crippen LogP contribution in [0.2, 0.25) is 0 Å². The minimum atomic E-state index is -0.134. The molecular weight excluding hydrogens is 194 g/mol. The Morgan fingerprint density at radius 3 is 2.60 bits per heavy atom. The van der Waals surface area contributed by atoms with Gasteiger partial charge in [0.25, 0.3) is 0 Å². The van der Waals surface area contributed by atoms with E-state index in [0.29, 0.717) is 25.4 Å². The van der Waals surface area contributed by atoms with Gasteiger partial charge in [-0.1, -0.05) is 0 Å². The monoisotopic (exact) mass is 213 g/mol. The molecule has 5 nitrogen and oxygen atoms in total. The van der Waals surface area contributed by atoms with Crippen LogP contribution in [-0.2, 0) is 9.59 Å². The lowest BCUT2D eigenvalue weighted by Gasteiger charge is -2.07. The van der Waals surface area contributed by atoms with E-state index in [2.05, 4.69) is 10.6 Å². The molecule has 1 fully saturated rings. The van der Waals surface area contributed by atoms with Crippen LogP contribution in [0.1, 0.15) is 32.6 Å². The zero-order valence-corrected chi connectivity index (χ0v) is 9.08. The summed E-state index contributed by atoms with van der Waals surface area (Å²) in [6, 6.07) is 0.252. The van der Waals surface area contributed by atoms with Gasteiger partial charge in [-0.3, -0.25) is 9.59 Å². The number of carbonyl (C=O) groups excluding carboxylic acids is 2. The Bertz CT molecular complexity index is 221. The van der Waals surface area contributed by atoms with Gasteiger partial charge in [0.2, 0.25) is 11.8 Å². The van der Waals surface area contributed by atoms with Crippen molar-refractivity contribution in [1.29, 1.82) is 0 Å². The smallest absolute Gasteiger partial charge is 0.221 e. The number of amides is 2. The van der Waals surface area contributed by atoms with Crippen molar-refractivity contribution < 1.29 is 9.59 Å². The topological polar surface area (TPSA) is 84.2 Å². The molecule has 15 heavy (non-hydrogen) atoms. The first-order valence-electron chi connectivity index (χ1n) is 5.39. The van der Waals surface area contributed by atoms with Crippen molar-refractivity contribution in [1.82, 2.24) is 10.6 Å². The van der Waals surface area contributed by atoms with Crippen molar-refractivity contribution in [2.24, 2.45) is 5.73 Å². The Hall–Kier alpha value is -1.10. The van der Waals surface area contributed by atoms with Gasteiger partial charge < -0.3 is 16.4 Å². The molecule has 1 unspecified atom stereocenters. The summed E-state index contributed by atoms with van der Waals surface area (Å²) in [5.74, 6) is -0.0807. The lowest BCUT2D eigenvalue weighted by Crippen LogP contribution is -2.34. The number of hydrogen-bond donors (Lipinski definition) is 3. The SMILES string of the molecule is CC(N)CC(=O)NCCC(=O)NC1CC1. The molecule has 0 radical (unpaired) electrons. The predicted molar refractivity (Wildman–Crippen MR) is 57.1 cm³/mol. The Morgan fingerprint density at radius 1 is 1.40 bits per heavy atom. The number of nitrogens with one attached hydrogen (secondary N) is 2. The first-order valence-corrected chi connectivity index (χ1v) is 5.39. The fourth-order valence-corrected chi connectivity index (χ4v) is 1.21. The third-order valence-electron chi connectivity index (χ3n) is 2.12. The van der Waals surface area contributed by atoms with Gasteiger partial charge in [-0.05, 0) is 19.8 Å². The minimum absolute atomic E-state index is 0.0126. The van der Waals surface area contributed by atoms with Crippen LogP contribution in [0.5, 0.6) is 0 Å². The molecule has 0 aliphatic heterocycles. The Labute approximate surface area is 89.8 Å². The standard InChI is InChI=1S/C10H19N3O2/c1-7(11)6-10(15)12-5-4-9(14)13-8-2-3-8/h7-8H,2-6,11H2,1H3,(H,12,15)(H,13,14). The van der Waals surface area contributed by atoms with Crippen LogP contribution in [0.4, 0.5) is 0 Å². The van der Waals surface area contributed by atoms with Crippen molar-refractivity contribution in [2.75, 3.05) is 6.54 Å². The summed E-state index contributed by atoms with van der Waals surface area (Å²) in [5.41, 5.74) is 5.46. The number of rotatable bonds is 6. The summed E-state index contributed by atoms with van der Waals surface area (Å²) in [7, 11) is 0. The minimum Gasteiger partial charge on any atom is -0.356 e. The molecule has 1 saturated carbocycles. The van der Waals surface area contributed by atoms with Crippen LogP contribution in [0.25, 0.3) is 0 Å². The summed E-state index contributed by atoms with van der Waals surface area (Å²) in [6.07, 6.45) is 2.83. The fraction of sp³-hybridized carbons (Fsp3) is 0.800. The molecule has 0 heterocycles. The average Bonchev–Trinajstić information content (AvgIpc) is 2.86. The van der Waals surface area contributed by atoms with E-state index in [1.54, 1.807) is 6.92 Å². The quantitative estimate of drug-likeness (QED) is 0.556. The van der Waals surface area contributed by atoms with Gasteiger partial charge in [0.15, 0.2) is 0 Å². The first-order chi connectivity index (χ1) is 7.08. The second-order valence-electron chi connectivity index (χ2n) is 4.12. The Balaban J connectivity index is 1.99. The maximum atomic E-state index is 11.2. The van der Waals surface area contributed by atoms with Crippen molar-refractivity contribution in [3.8, 4) is 0 Å². The van der Waals surface area contributed by atoms with Gasteiger partial charge in [-0.2, -0.15) is 0 Å². The highest BCUT2D eigenvalue weighted by atomic mass is 16.2. The van der Waals surface area contributed by atoms with E-state index in [9.17, 15) is 9.59 Å². The summed E-state index contributed by atoms with van der Waals surface area (Å²) in [4.78, 5) is 22.4. The van der Waals surface area contributed by atoms with E-state index in [1.165, 1.54) is 0 Å². The van der Waals surface area contributed by atoms with Crippen LogP contribution < -0.4 is 16.4 Å². The van der Waals surface area contributed by atoms with Gasteiger partial charge in [0.05, 0.1) is 0 Å². The molecule has 0 aromatic rings. The summed E-state index contributed by atoms with van der Waals surface area (Å²) >= 11 is 0. The highest BCUT2D eigenvalue weighted by Crippen LogP contribution is 2.18. The predicted octanol–water partition coefficient (Wildman–Crippen LogP) is -0.491. The second kappa shape index (κ2) is 5.70. The van der Waals surface area contributed by atoms with E-state index < -0.39 is 0 Å². The summed E-state index contributed by atoms with van der Waals surface area (Å²) in [6.45, 7) is 2.17. The van der Waals surface area contributed by atoms with Crippen molar-refractivity contribution >= 4 is 11.8 Å². The first kappa shape index (κ1) is 12.0. The Kier molecular flexibility index (Phi) is 4.55. The fourth-order valence-electron chi connectivity index (χ4n) is 1.21. The summed E-state index contributed by atoms with van der Waals surface area (Å²) < 4.78 is 0. The average molecular weight is 213 g/mol. The maximum Gasteiger partial charge on any atom is 0.221 e. The third kappa shape index (κ3) is 6.06. The van der Waals surface area contributed by atoms with Crippen LogP contribution in [-0.4, -0.2) is 30.4 Å². The second-order valence-corrected chi connectivity index (χ2v) is 4.12. The molecule has 1 aliphatic carbocycles. The van der Waals surface area contributed by atoms with Gasteiger partial charge in [0.1, 0.15) is 0 Å². The molecular formula is C10H19N3O2. The van der Waals surface area contributed by atoms with Gasteiger partial charge in [-0.15, -0.1) is 0 Å². The zero-order chi connectivity index (χ0) is 11.3. The van der Waals surface area contributed by atoms with Crippen LogP contribution >= 0.6 is 0 Å². The third-order valence-corrected chi connectivity index (χ3v) is 2.12. The lowest BCUT2D eigenvalue weighted by atomic mass is 10.2. The zero-order valence-electron chi connectivity index (χ0n) is 9.08. The number of carbonyl (C=O) groups is 2. The van der Waals surface area contributed by atoms with E-state index in [4.69, 9.17) is 5.73 Å². The largest absolute Gasteiger partial charge is 0.356 e. The molecule has 1 atom stereocenters. The highest BCUT2D eigenvalue weighted by molar-refractivity contribution is 5.79. The van der Waals surface area contributed by atoms with E-state index in [0.717, 1.165) is 12.8 Å². The van der Waals surface area contributed by atoms with Crippen molar-refractivity contribution in [2.45, 2.75) is 44.7 Å². The molecule has 2 amide bonds. The highest BCUT2D eigenvalue weighted by Gasteiger charge is 2.22. The molecule has 4 N–H and O–H groups in total. The van der Waals surface area contributed by atoms with Gasteiger partial charge in [-0.25, -0.2) is 0 Å². The van der Waals surface area contributed by atoms with Gasteiger partial charge in [0, 0.05) is 31.5 Å². The van der Waals surface area contributed by atoms with E-state index in [-0.39, 0.29) is 17.9 Å². The Morgan fingerprint density at radius 2 is 2.07 bits per heavy atom. The molecule has 5 heteroatoms. The van der Waals surface area contributed by atoms with Crippen molar-refractivity contribution in [3.05, 3.63) is 0 Å². The number of hydrogen-bond acceptors (Lipinski definition) is 3. The normalized spacial score (nSPS) is 16.9. The van der Waals surface area contributed by atoms with E-state index >= 15 is 0 Å². The molecule has 1 rings (SSSR count). The lowest BCUT2D eigenvalue weighted by molar-refractivity contribution is -0.122. The molecule has 1 aliphatic rings. The number of nitrogens with two attached hydrogens (primary N) is 1. The maximum absolute atomic E-state index is 11.2. The van der Waals surface area contributed by atoms with Crippen molar-refractivity contribution in [3.63, 3.8) is 0 Å². The molecule has 0 saturated heterocycles. The molecule has 0 spiro atoms. The van der Waals surface area contributed by atoms with Crippen LogP contribution in [0.3, 0.4) is 0 Å².